The molecule has 0 saturated carbocycles. The molecule has 146 valence electrons. The monoisotopic (exact) mass is 413 g/mol. The SMILES string of the molecule is O=S(=O)(C[C@H](O)c1ccccc1)N1CCC(Oc2ccc(Cl)cc2F)CC1. The number of aliphatic hydroxyl groups is 1. The molecule has 2 aromatic carbocycles. The molecule has 27 heavy (non-hydrogen) atoms. The highest BCUT2D eigenvalue weighted by Gasteiger charge is 2.31. The van der Waals surface area contributed by atoms with Gasteiger partial charge in [0.25, 0.3) is 0 Å². The fraction of sp³-hybridized carbons (Fsp3) is 0.368. The number of hydrogen-bond donors (Lipinski definition) is 1. The molecule has 1 fully saturated rings. The van der Waals surface area contributed by atoms with Crippen LogP contribution in [0.4, 0.5) is 4.39 Å². The molecule has 3 rings (SSSR count). The zero-order valence-electron chi connectivity index (χ0n) is 14.6. The van der Waals surface area contributed by atoms with Gasteiger partial charge >= 0.3 is 0 Å². The predicted octanol–water partition coefficient (Wildman–Crippen LogP) is 3.39. The van der Waals surface area contributed by atoms with Gasteiger partial charge in [0.2, 0.25) is 10.0 Å². The molecule has 8 heteroatoms. The molecule has 1 saturated heterocycles. The van der Waals surface area contributed by atoms with Crippen LogP contribution in [0.2, 0.25) is 5.02 Å². The van der Waals surface area contributed by atoms with Crippen molar-refractivity contribution in [3.8, 4) is 5.75 Å². The predicted molar refractivity (Wildman–Crippen MR) is 102 cm³/mol. The lowest BCUT2D eigenvalue weighted by Gasteiger charge is -2.32. The van der Waals surface area contributed by atoms with E-state index in [1.807, 2.05) is 0 Å². The molecule has 0 spiro atoms. The zero-order valence-corrected chi connectivity index (χ0v) is 16.2. The summed E-state index contributed by atoms with van der Waals surface area (Å²) >= 11 is 5.73. The lowest BCUT2D eigenvalue weighted by atomic mass is 10.1. The summed E-state index contributed by atoms with van der Waals surface area (Å²) in [6.45, 7) is 0.535. The number of nitrogens with zero attached hydrogens (tertiary/aromatic N) is 1. The van der Waals surface area contributed by atoms with Gasteiger partial charge in [-0.1, -0.05) is 41.9 Å². The summed E-state index contributed by atoms with van der Waals surface area (Å²) in [5.74, 6) is -0.794. The van der Waals surface area contributed by atoms with Gasteiger partial charge in [0, 0.05) is 18.1 Å². The third-order valence-corrected chi connectivity index (χ3v) is 6.66. The van der Waals surface area contributed by atoms with E-state index < -0.39 is 21.9 Å². The summed E-state index contributed by atoms with van der Waals surface area (Å²) in [5.41, 5.74) is 0.567. The Bertz CT molecular complexity index is 871. The molecule has 1 heterocycles. The number of aliphatic hydroxyl groups excluding tert-OH is 1. The lowest BCUT2D eigenvalue weighted by molar-refractivity contribution is 0.129. The molecule has 0 amide bonds. The average molecular weight is 414 g/mol. The summed E-state index contributed by atoms with van der Waals surface area (Å²) in [6.07, 6.45) is -0.453. The Balaban J connectivity index is 1.56. The molecule has 1 atom stereocenters. The molecule has 5 nitrogen and oxygen atoms in total. The van der Waals surface area contributed by atoms with Gasteiger partial charge in [-0.3, -0.25) is 0 Å². The standard InChI is InChI=1S/C19H21ClFNO4S/c20-15-6-7-19(17(21)12-15)26-16-8-10-22(11-9-16)27(24,25)13-18(23)14-4-2-1-3-5-14/h1-7,12,16,18,23H,8-11,13H2/t18-/m0/s1. The van der Waals surface area contributed by atoms with Crippen LogP contribution in [-0.2, 0) is 10.0 Å². The van der Waals surface area contributed by atoms with Crippen LogP contribution >= 0.6 is 11.6 Å². The van der Waals surface area contributed by atoms with Gasteiger partial charge in [-0.2, -0.15) is 0 Å². The largest absolute Gasteiger partial charge is 0.487 e. The van der Waals surface area contributed by atoms with Crippen LogP contribution in [0, 0.1) is 5.82 Å². The fourth-order valence-electron chi connectivity index (χ4n) is 3.05. The van der Waals surface area contributed by atoms with Crippen LogP contribution < -0.4 is 4.74 Å². The van der Waals surface area contributed by atoms with Gasteiger partial charge in [0.05, 0.1) is 11.9 Å². The maximum atomic E-state index is 13.8. The maximum Gasteiger partial charge on any atom is 0.217 e. The molecule has 0 radical (unpaired) electrons. The summed E-state index contributed by atoms with van der Waals surface area (Å²) in [7, 11) is -3.60. The Labute approximate surface area is 163 Å². The van der Waals surface area contributed by atoms with Crippen molar-refractivity contribution in [2.45, 2.75) is 25.0 Å². The first-order chi connectivity index (χ1) is 12.8. The summed E-state index contributed by atoms with van der Waals surface area (Å²) < 4.78 is 46.0. The summed E-state index contributed by atoms with van der Waals surface area (Å²) in [4.78, 5) is 0. The van der Waals surface area contributed by atoms with Crippen molar-refractivity contribution in [3.05, 3.63) is 64.9 Å². The Hall–Kier alpha value is -1.67. The second-order valence-corrected chi connectivity index (χ2v) is 8.95. The van der Waals surface area contributed by atoms with Crippen LogP contribution in [0.25, 0.3) is 0 Å². The minimum absolute atomic E-state index is 0.111. The smallest absolute Gasteiger partial charge is 0.217 e. The normalized spacial score (nSPS) is 17.6. The van der Waals surface area contributed by atoms with Crippen LogP contribution in [-0.4, -0.2) is 42.8 Å². The highest BCUT2D eigenvalue weighted by Crippen LogP contribution is 2.26. The minimum atomic E-state index is -3.60. The Kier molecular flexibility index (Phi) is 6.37. The molecule has 0 aromatic heterocycles. The lowest BCUT2D eigenvalue weighted by Crippen LogP contribution is -2.43. The second kappa shape index (κ2) is 8.56. The van der Waals surface area contributed by atoms with Gasteiger partial charge in [-0.15, -0.1) is 0 Å². The van der Waals surface area contributed by atoms with Crippen molar-refractivity contribution in [2.75, 3.05) is 18.8 Å². The first-order valence-electron chi connectivity index (χ1n) is 8.68. The molecular formula is C19H21ClFNO4S. The Morgan fingerprint density at radius 2 is 1.85 bits per heavy atom. The van der Waals surface area contributed by atoms with Gasteiger partial charge in [-0.05, 0) is 36.6 Å². The van der Waals surface area contributed by atoms with E-state index in [4.69, 9.17) is 16.3 Å². The number of sulfonamides is 1. The highest BCUT2D eigenvalue weighted by atomic mass is 35.5. The van der Waals surface area contributed by atoms with Crippen molar-refractivity contribution in [3.63, 3.8) is 0 Å². The first-order valence-corrected chi connectivity index (χ1v) is 10.7. The topological polar surface area (TPSA) is 66.8 Å². The maximum absolute atomic E-state index is 13.8. The number of hydrogen-bond acceptors (Lipinski definition) is 4. The van der Waals surface area contributed by atoms with Crippen molar-refractivity contribution in [1.82, 2.24) is 4.31 Å². The van der Waals surface area contributed by atoms with E-state index in [0.717, 1.165) is 0 Å². The molecule has 0 unspecified atom stereocenters. The van der Waals surface area contributed by atoms with E-state index in [-0.39, 0.29) is 35.7 Å². The van der Waals surface area contributed by atoms with Crippen LogP contribution in [0.5, 0.6) is 5.75 Å². The Morgan fingerprint density at radius 1 is 1.19 bits per heavy atom. The molecule has 0 bridgehead atoms. The van der Waals surface area contributed by atoms with Gasteiger partial charge in [0.1, 0.15) is 6.10 Å². The van der Waals surface area contributed by atoms with Crippen LogP contribution in [0.15, 0.2) is 48.5 Å². The van der Waals surface area contributed by atoms with Crippen molar-refractivity contribution in [1.29, 1.82) is 0 Å². The van der Waals surface area contributed by atoms with E-state index >= 15 is 0 Å². The zero-order chi connectivity index (χ0) is 19.4. The highest BCUT2D eigenvalue weighted by molar-refractivity contribution is 7.89. The molecule has 1 aliphatic rings. The quantitative estimate of drug-likeness (QED) is 0.788. The van der Waals surface area contributed by atoms with E-state index in [9.17, 15) is 17.9 Å². The molecule has 2 aromatic rings. The van der Waals surface area contributed by atoms with Gasteiger partial charge in [0.15, 0.2) is 11.6 Å². The molecular weight excluding hydrogens is 393 g/mol. The van der Waals surface area contributed by atoms with Crippen molar-refractivity contribution < 1.29 is 22.7 Å². The van der Waals surface area contributed by atoms with E-state index in [0.29, 0.717) is 18.4 Å². The average Bonchev–Trinajstić information content (AvgIpc) is 2.65. The number of rotatable bonds is 6. The molecule has 1 aliphatic heterocycles. The fourth-order valence-corrected chi connectivity index (χ4v) is 4.78. The van der Waals surface area contributed by atoms with Gasteiger partial charge in [-0.25, -0.2) is 17.1 Å². The number of ether oxygens (including phenoxy) is 1. The minimum Gasteiger partial charge on any atom is -0.487 e. The van der Waals surface area contributed by atoms with Crippen LogP contribution in [0.3, 0.4) is 0 Å². The number of piperidine rings is 1. The Morgan fingerprint density at radius 3 is 2.48 bits per heavy atom. The van der Waals surface area contributed by atoms with Crippen molar-refractivity contribution >= 4 is 21.6 Å². The third kappa shape index (κ3) is 5.19. The first kappa shape index (κ1) is 20.1. The van der Waals surface area contributed by atoms with Crippen molar-refractivity contribution in [2.24, 2.45) is 0 Å². The van der Waals surface area contributed by atoms with E-state index in [1.165, 1.54) is 16.4 Å². The molecule has 0 aliphatic carbocycles. The second-order valence-electron chi connectivity index (χ2n) is 6.50. The van der Waals surface area contributed by atoms with Gasteiger partial charge < -0.3 is 9.84 Å². The molecule has 1 N–H and O–H groups in total. The van der Waals surface area contributed by atoms with E-state index in [2.05, 4.69) is 0 Å². The third-order valence-electron chi connectivity index (χ3n) is 4.53. The summed E-state index contributed by atoms with van der Waals surface area (Å²) in [6, 6.07) is 12.9. The number of halogens is 2. The van der Waals surface area contributed by atoms with E-state index in [1.54, 1.807) is 36.4 Å². The van der Waals surface area contributed by atoms with Crippen LogP contribution in [0.1, 0.15) is 24.5 Å². The number of benzene rings is 2. The summed E-state index contributed by atoms with van der Waals surface area (Å²) in [5, 5.41) is 10.5.